The number of thiophene rings is 1. The largest absolute Gasteiger partial charge is 0.363 e. The fourth-order valence-corrected chi connectivity index (χ4v) is 5.58. The number of piperazine rings is 1. The topological polar surface area (TPSA) is 126 Å². The van der Waals surface area contributed by atoms with E-state index in [2.05, 4.69) is 16.3 Å². The summed E-state index contributed by atoms with van der Waals surface area (Å²) in [6.07, 6.45) is 5.11. The van der Waals surface area contributed by atoms with Crippen LogP contribution in [0.25, 0.3) is 6.08 Å². The zero-order valence-corrected chi connectivity index (χ0v) is 19.7. The van der Waals surface area contributed by atoms with Crippen molar-refractivity contribution in [2.24, 2.45) is 0 Å². The summed E-state index contributed by atoms with van der Waals surface area (Å²) in [4.78, 5) is 29.4. The monoisotopic (exact) mass is 476 g/mol. The van der Waals surface area contributed by atoms with Crippen molar-refractivity contribution in [3.63, 3.8) is 0 Å². The van der Waals surface area contributed by atoms with Crippen molar-refractivity contribution in [2.75, 3.05) is 43.4 Å². The van der Waals surface area contributed by atoms with Crippen molar-refractivity contribution in [2.45, 2.75) is 25.7 Å². The van der Waals surface area contributed by atoms with Crippen LogP contribution in [-0.4, -0.2) is 49.0 Å². The van der Waals surface area contributed by atoms with Gasteiger partial charge in [-0.3, -0.25) is 14.9 Å². The third kappa shape index (κ3) is 4.79. The number of rotatable bonds is 5. The number of nitro groups is 1. The van der Waals surface area contributed by atoms with Gasteiger partial charge >= 0.3 is 0 Å². The normalized spacial score (nSPS) is 16.3. The van der Waals surface area contributed by atoms with Crippen molar-refractivity contribution in [3.05, 3.63) is 55.5 Å². The van der Waals surface area contributed by atoms with E-state index >= 15 is 0 Å². The number of aryl methyl sites for hydroxylation is 1. The Labute approximate surface area is 201 Å². The van der Waals surface area contributed by atoms with Gasteiger partial charge in [-0.1, -0.05) is 6.07 Å². The van der Waals surface area contributed by atoms with Crippen LogP contribution in [0.4, 0.5) is 16.4 Å². The number of hydrogen-bond donors (Lipinski definition) is 1. The van der Waals surface area contributed by atoms with Crippen LogP contribution in [0, 0.1) is 32.8 Å². The van der Waals surface area contributed by atoms with E-state index in [9.17, 15) is 25.4 Å². The predicted octanol–water partition coefficient (Wildman–Crippen LogP) is 3.70. The number of hydrogen-bond acceptors (Lipinski definition) is 8. The summed E-state index contributed by atoms with van der Waals surface area (Å²) in [5.74, 6) is -0.636. The molecule has 1 aromatic carbocycles. The number of fused-ring (bicyclic) bond motifs is 1. The molecule has 2 aliphatic rings. The molecule has 0 radical (unpaired) electrons. The minimum atomic E-state index is -0.636. The predicted molar refractivity (Wildman–Crippen MR) is 131 cm³/mol. The number of carbonyl (C=O) groups is 1. The maximum Gasteiger partial charge on any atom is 0.293 e. The Kier molecular flexibility index (Phi) is 6.92. The molecule has 9 nitrogen and oxygen atoms in total. The Morgan fingerprint density at radius 1 is 1.21 bits per heavy atom. The van der Waals surface area contributed by atoms with Crippen LogP contribution in [0.1, 0.15) is 34.4 Å². The third-order valence-corrected chi connectivity index (χ3v) is 7.43. The van der Waals surface area contributed by atoms with Crippen molar-refractivity contribution in [3.8, 4) is 12.1 Å². The maximum absolute atomic E-state index is 12.8. The lowest BCUT2D eigenvalue weighted by Crippen LogP contribution is -2.44. The highest BCUT2D eigenvalue weighted by atomic mass is 32.1. The summed E-state index contributed by atoms with van der Waals surface area (Å²) >= 11 is 1.38. The van der Waals surface area contributed by atoms with E-state index in [1.165, 1.54) is 23.5 Å². The number of nitriles is 2. The van der Waals surface area contributed by atoms with Crippen molar-refractivity contribution >= 4 is 39.7 Å². The standard InChI is InChI=1S/C24H24N6O3S/c1-28-8-10-29(11-9-28)20-7-6-16(13-21(20)30(32)33)12-17(14-25)23(31)27-24-19(15-26)18-4-2-3-5-22(18)34-24/h6-7,12-13H,2-5,8-11H2,1H3,(H,27,31)/b17-12-. The van der Waals surface area contributed by atoms with Crippen LogP contribution < -0.4 is 10.2 Å². The molecule has 0 atom stereocenters. The van der Waals surface area contributed by atoms with E-state index in [0.717, 1.165) is 49.2 Å². The number of nitrogens with zero attached hydrogens (tertiary/aromatic N) is 5. The molecule has 10 heteroatoms. The maximum atomic E-state index is 12.8. The lowest BCUT2D eigenvalue weighted by atomic mass is 9.96. The highest BCUT2D eigenvalue weighted by Gasteiger charge is 2.24. The fraction of sp³-hybridized carbons (Fsp3) is 0.375. The summed E-state index contributed by atoms with van der Waals surface area (Å²) in [5.41, 5.74) is 2.14. The number of likely N-dealkylation sites (N-methyl/N-ethyl adjacent to an activating group) is 1. The molecular weight excluding hydrogens is 452 g/mol. The van der Waals surface area contributed by atoms with Gasteiger partial charge in [0.15, 0.2) is 0 Å². The Balaban J connectivity index is 1.59. The van der Waals surface area contributed by atoms with E-state index in [0.29, 0.717) is 34.9 Å². The van der Waals surface area contributed by atoms with Gasteiger partial charge in [-0.25, -0.2) is 0 Å². The average Bonchev–Trinajstić information content (AvgIpc) is 3.19. The van der Waals surface area contributed by atoms with Crippen molar-refractivity contribution in [1.82, 2.24) is 4.90 Å². The lowest BCUT2D eigenvalue weighted by molar-refractivity contribution is -0.384. The molecule has 0 saturated carbocycles. The van der Waals surface area contributed by atoms with Gasteiger partial charge < -0.3 is 15.1 Å². The van der Waals surface area contributed by atoms with Gasteiger partial charge in [0.05, 0.1) is 10.5 Å². The number of amides is 1. The fourth-order valence-electron chi connectivity index (χ4n) is 4.35. The quantitative estimate of drug-likeness (QED) is 0.302. The first-order valence-electron chi connectivity index (χ1n) is 11.1. The second-order valence-electron chi connectivity index (χ2n) is 8.45. The molecule has 2 aromatic rings. The number of nitrogens with one attached hydrogen (secondary N) is 1. The van der Waals surface area contributed by atoms with Gasteiger partial charge in [-0.05, 0) is 56.0 Å². The van der Waals surface area contributed by atoms with Crippen LogP contribution in [0.3, 0.4) is 0 Å². The SMILES string of the molecule is CN1CCN(c2ccc(/C=C(/C#N)C(=O)Nc3sc4c(c3C#N)CCCC4)cc2[N+](=O)[O-])CC1. The highest BCUT2D eigenvalue weighted by molar-refractivity contribution is 7.16. The Bertz CT molecular complexity index is 1240. The minimum absolute atomic E-state index is 0.0614. The van der Waals surface area contributed by atoms with E-state index in [1.807, 2.05) is 18.0 Å². The van der Waals surface area contributed by atoms with Gasteiger partial charge in [0.25, 0.3) is 11.6 Å². The van der Waals surface area contributed by atoms with Gasteiger partial charge in [-0.2, -0.15) is 10.5 Å². The molecule has 1 aliphatic heterocycles. The average molecular weight is 477 g/mol. The van der Waals surface area contributed by atoms with Gasteiger partial charge in [0.2, 0.25) is 0 Å². The number of anilines is 2. The van der Waals surface area contributed by atoms with Gasteiger partial charge in [0.1, 0.15) is 28.4 Å². The number of carbonyl (C=O) groups excluding carboxylic acids is 1. The first kappa shape index (κ1) is 23.4. The molecule has 34 heavy (non-hydrogen) atoms. The van der Waals surface area contributed by atoms with E-state index in [1.54, 1.807) is 12.1 Å². The minimum Gasteiger partial charge on any atom is -0.363 e. The summed E-state index contributed by atoms with van der Waals surface area (Å²) < 4.78 is 0. The Hall–Kier alpha value is -3.73. The summed E-state index contributed by atoms with van der Waals surface area (Å²) in [5, 5.41) is 34.1. The Morgan fingerprint density at radius 3 is 2.62 bits per heavy atom. The molecule has 1 aliphatic carbocycles. The molecule has 1 saturated heterocycles. The molecule has 4 rings (SSSR count). The van der Waals surface area contributed by atoms with Crippen LogP contribution >= 0.6 is 11.3 Å². The van der Waals surface area contributed by atoms with Crippen molar-refractivity contribution in [1.29, 1.82) is 10.5 Å². The van der Waals surface area contributed by atoms with Crippen LogP contribution in [0.15, 0.2) is 23.8 Å². The molecule has 2 heterocycles. The first-order chi connectivity index (χ1) is 16.4. The smallest absolute Gasteiger partial charge is 0.293 e. The second-order valence-corrected chi connectivity index (χ2v) is 9.55. The van der Waals surface area contributed by atoms with E-state index in [4.69, 9.17) is 0 Å². The molecular formula is C24H24N6O3S. The summed E-state index contributed by atoms with van der Waals surface area (Å²) in [7, 11) is 2.01. The molecule has 0 bridgehead atoms. The number of nitro benzene ring substituents is 1. The molecule has 0 spiro atoms. The number of benzene rings is 1. The van der Waals surface area contributed by atoms with Crippen molar-refractivity contribution < 1.29 is 9.72 Å². The van der Waals surface area contributed by atoms with Gasteiger partial charge in [0, 0.05) is 37.1 Å². The van der Waals surface area contributed by atoms with Crippen LogP contribution in [0.5, 0.6) is 0 Å². The van der Waals surface area contributed by atoms with E-state index < -0.39 is 10.8 Å². The zero-order valence-electron chi connectivity index (χ0n) is 18.8. The molecule has 1 N–H and O–H groups in total. The van der Waals surface area contributed by atoms with Gasteiger partial charge in [-0.15, -0.1) is 11.3 Å². The van der Waals surface area contributed by atoms with Crippen LogP contribution in [-0.2, 0) is 17.6 Å². The lowest BCUT2D eigenvalue weighted by Gasteiger charge is -2.33. The summed E-state index contributed by atoms with van der Waals surface area (Å²) in [6.45, 7) is 3.00. The molecule has 1 amide bonds. The molecule has 1 fully saturated rings. The molecule has 174 valence electrons. The van der Waals surface area contributed by atoms with Crippen LogP contribution in [0.2, 0.25) is 0 Å². The van der Waals surface area contributed by atoms with E-state index in [-0.39, 0.29) is 11.3 Å². The highest BCUT2D eigenvalue weighted by Crippen LogP contribution is 2.38. The second kappa shape index (κ2) is 10.0. The summed E-state index contributed by atoms with van der Waals surface area (Å²) in [6, 6.07) is 8.81. The molecule has 0 unspecified atom stereocenters. The Morgan fingerprint density at radius 2 is 1.94 bits per heavy atom. The first-order valence-corrected chi connectivity index (χ1v) is 11.9. The zero-order chi connectivity index (χ0) is 24.2. The molecule has 1 aromatic heterocycles. The third-order valence-electron chi connectivity index (χ3n) is 6.23.